The largest absolute Gasteiger partial charge is 0.331 e. The molecule has 0 atom stereocenters. The molecule has 1 heterocycles. The molecule has 2 aromatic rings. The first kappa shape index (κ1) is 15.3. The maximum absolute atomic E-state index is 12.8. The van der Waals surface area contributed by atoms with Gasteiger partial charge in [-0.05, 0) is 45.7 Å². The summed E-state index contributed by atoms with van der Waals surface area (Å²) < 4.78 is 3.04. The van der Waals surface area contributed by atoms with E-state index in [1.54, 1.807) is 16.7 Å². The van der Waals surface area contributed by atoms with Crippen LogP contribution in [-0.2, 0) is 12.1 Å². The second-order valence-electron chi connectivity index (χ2n) is 6.29. The highest BCUT2D eigenvalue weighted by Crippen LogP contribution is 2.16. The molecule has 0 unspecified atom stereocenters. The highest BCUT2D eigenvalue weighted by Gasteiger charge is 2.22. The Labute approximate surface area is 124 Å². The van der Waals surface area contributed by atoms with Crippen molar-refractivity contribution >= 4 is 10.9 Å². The first-order chi connectivity index (χ1) is 9.79. The van der Waals surface area contributed by atoms with E-state index in [9.17, 15) is 9.59 Å². The van der Waals surface area contributed by atoms with E-state index < -0.39 is 5.54 Å². The Balaban J connectivity index is 3.01. The zero-order chi connectivity index (χ0) is 15.8. The van der Waals surface area contributed by atoms with E-state index in [0.717, 1.165) is 11.1 Å². The van der Waals surface area contributed by atoms with E-state index >= 15 is 0 Å². The SMILES string of the molecule is C=CCCn1c(=O)n(C(C)(C)C)c(=O)c2cccc(C)c21. The van der Waals surface area contributed by atoms with Crippen LogP contribution in [0.3, 0.4) is 0 Å². The summed E-state index contributed by atoms with van der Waals surface area (Å²) in [4.78, 5) is 25.5. The summed E-state index contributed by atoms with van der Waals surface area (Å²) in [5.74, 6) is 0. The van der Waals surface area contributed by atoms with Crippen LogP contribution in [0.1, 0.15) is 32.8 Å². The summed E-state index contributed by atoms with van der Waals surface area (Å²) >= 11 is 0. The molecule has 0 fully saturated rings. The number of aromatic nitrogens is 2. The fraction of sp³-hybridized carbons (Fsp3) is 0.412. The lowest BCUT2D eigenvalue weighted by Crippen LogP contribution is -2.47. The van der Waals surface area contributed by atoms with Crippen molar-refractivity contribution in [3.63, 3.8) is 0 Å². The van der Waals surface area contributed by atoms with Crippen LogP contribution in [0.2, 0.25) is 0 Å². The number of fused-ring (bicyclic) bond motifs is 1. The molecule has 1 aromatic heterocycles. The topological polar surface area (TPSA) is 44.0 Å². The lowest BCUT2D eigenvalue weighted by Gasteiger charge is -2.24. The molecule has 4 heteroatoms. The van der Waals surface area contributed by atoms with Gasteiger partial charge in [0.2, 0.25) is 0 Å². The molecular weight excluding hydrogens is 264 g/mol. The van der Waals surface area contributed by atoms with Crippen LogP contribution < -0.4 is 11.2 Å². The van der Waals surface area contributed by atoms with E-state index in [2.05, 4.69) is 6.58 Å². The molecule has 0 saturated carbocycles. The summed E-state index contributed by atoms with van der Waals surface area (Å²) in [5, 5.41) is 0.591. The summed E-state index contributed by atoms with van der Waals surface area (Å²) in [6.07, 6.45) is 2.47. The Bertz CT molecular complexity index is 804. The van der Waals surface area contributed by atoms with Gasteiger partial charge in [0.05, 0.1) is 10.9 Å². The molecule has 0 aliphatic rings. The van der Waals surface area contributed by atoms with Gasteiger partial charge < -0.3 is 0 Å². The van der Waals surface area contributed by atoms with Crippen molar-refractivity contribution in [2.24, 2.45) is 0 Å². The zero-order valence-electron chi connectivity index (χ0n) is 13.1. The molecule has 0 radical (unpaired) electrons. The second-order valence-corrected chi connectivity index (χ2v) is 6.29. The number of para-hydroxylation sites is 1. The van der Waals surface area contributed by atoms with Crippen molar-refractivity contribution in [2.45, 2.75) is 46.2 Å². The molecule has 0 aliphatic heterocycles. The van der Waals surface area contributed by atoms with Gasteiger partial charge >= 0.3 is 5.69 Å². The molecule has 0 amide bonds. The molecule has 112 valence electrons. The third-order valence-electron chi connectivity index (χ3n) is 3.59. The number of allylic oxidation sites excluding steroid dienone is 1. The van der Waals surface area contributed by atoms with Crippen molar-refractivity contribution in [1.82, 2.24) is 9.13 Å². The molecule has 2 rings (SSSR count). The van der Waals surface area contributed by atoms with Crippen LogP contribution in [0.5, 0.6) is 0 Å². The molecular formula is C17H22N2O2. The molecule has 4 nitrogen and oxygen atoms in total. The van der Waals surface area contributed by atoms with Crippen LogP contribution in [0.25, 0.3) is 10.9 Å². The van der Waals surface area contributed by atoms with Gasteiger partial charge in [-0.3, -0.25) is 13.9 Å². The predicted molar refractivity (Wildman–Crippen MR) is 87.0 cm³/mol. The molecule has 0 bridgehead atoms. The first-order valence-electron chi connectivity index (χ1n) is 7.15. The highest BCUT2D eigenvalue weighted by atomic mass is 16.2. The van der Waals surface area contributed by atoms with E-state index in [4.69, 9.17) is 0 Å². The average molecular weight is 286 g/mol. The third-order valence-corrected chi connectivity index (χ3v) is 3.59. The molecule has 21 heavy (non-hydrogen) atoms. The molecule has 0 aliphatic carbocycles. The van der Waals surface area contributed by atoms with Crippen molar-refractivity contribution in [2.75, 3.05) is 0 Å². The van der Waals surface area contributed by atoms with E-state index in [1.807, 2.05) is 39.8 Å². The smallest absolute Gasteiger partial charge is 0.293 e. The molecule has 0 saturated heterocycles. The number of hydrogen-bond donors (Lipinski definition) is 0. The summed E-state index contributed by atoms with van der Waals surface area (Å²) in [5.41, 5.74) is 0.640. The minimum Gasteiger partial charge on any atom is -0.293 e. The minimum absolute atomic E-state index is 0.221. The Kier molecular flexibility index (Phi) is 3.90. The van der Waals surface area contributed by atoms with Gasteiger partial charge in [0.1, 0.15) is 0 Å². The van der Waals surface area contributed by atoms with Crippen molar-refractivity contribution in [1.29, 1.82) is 0 Å². The van der Waals surface area contributed by atoms with Gasteiger partial charge in [-0.2, -0.15) is 0 Å². The summed E-state index contributed by atoms with van der Waals surface area (Å²) in [6.45, 7) is 11.8. The number of aryl methyl sites for hydroxylation is 2. The summed E-state index contributed by atoms with van der Waals surface area (Å²) in [7, 11) is 0. The highest BCUT2D eigenvalue weighted by molar-refractivity contribution is 5.81. The summed E-state index contributed by atoms with van der Waals surface area (Å²) in [6, 6.07) is 5.57. The quantitative estimate of drug-likeness (QED) is 0.814. The van der Waals surface area contributed by atoms with E-state index in [0.29, 0.717) is 18.4 Å². The normalized spacial score (nSPS) is 11.8. The van der Waals surface area contributed by atoms with Crippen molar-refractivity contribution < 1.29 is 0 Å². The van der Waals surface area contributed by atoms with Gasteiger partial charge in [-0.15, -0.1) is 6.58 Å². The van der Waals surface area contributed by atoms with Crippen molar-refractivity contribution in [3.8, 4) is 0 Å². The van der Waals surface area contributed by atoms with Crippen molar-refractivity contribution in [3.05, 3.63) is 57.3 Å². The lowest BCUT2D eigenvalue weighted by atomic mass is 10.1. The maximum atomic E-state index is 12.8. The Hall–Kier alpha value is -2.10. The van der Waals surface area contributed by atoms with Crippen LogP contribution >= 0.6 is 0 Å². The van der Waals surface area contributed by atoms with Gasteiger partial charge in [0.25, 0.3) is 5.56 Å². The third kappa shape index (κ3) is 2.58. The van der Waals surface area contributed by atoms with E-state index in [-0.39, 0.29) is 11.2 Å². The second kappa shape index (κ2) is 5.35. The Morgan fingerprint density at radius 3 is 2.48 bits per heavy atom. The maximum Gasteiger partial charge on any atom is 0.331 e. The van der Waals surface area contributed by atoms with Crippen LogP contribution in [0, 0.1) is 6.92 Å². The van der Waals surface area contributed by atoms with Gasteiger partial charge in [0, 0.05) is 12.1 Å². The van der Waals surface area contributed by atoms with Crippen LogP contribution in [-0.4, -0.2) is 9.13 Å². The number of nitrogens with zero attached hydrogens (tertiary/aromatic N) is 2. The fourth-order valence-corrected chi connectivity index (χ4v) is 2.63. The number of benzene rings is 1. The lowest BCUT2D eigenvalue weighted by molar-refractivity contribution is 0.358. The minimum atomic E-state index is -0.554. The average Bonchev–Trinajstić information content (AvgIpc) is 2.38. The van der Waals surface area contributed by atoms with Gasteiger partial charge in [-0.25, -0.2) is 4.79 Å². The van der Waals surface area contributed by atoms with Gasteiger partial charge in [-0.1, -0.05) is 18.2 Å². The zero-order valence-corrected chi connectivity index (χ0v) is 13.1. The predicted octanol–water partition coefficient (Wildman–Crippen LogP) is 2.80. The monoisotopic (exact) mass is 286 g/mol. The van der Waals surface area contributed by atoms with Crippen LogP contribution in [0.4, 0.5) is 0 Å². The Morgan fingerprint density at radius 1 is 1.24 bits per heavy atom. The standard InChI is InChI=1S/C17H22N2O2/c1-6-7-11-18-14-12(2)9-8-10-13(14)15(20)19(16(18)21)17(3,4)5/h6,8-10H,1,7,11H2,2-5H3. The van der Waals surface area contributed by atoms with Crippen LogP contribution in [0.15, 0.2) is 40.4 Å². The molecule has 0 N–H and O–H groups in total. The number of hydrogen-bond acceptors (Lipinski definition) is 2. The Morgan fingerprint density at radius 2 is 1.90 bits per heavy atom. The van der Waals surface area contributed by atoms with E-state index in [1.165, 1.54) is 4.57 Å². The number of rotatable bonds is 3. The fourth-order valence-electron chi connectivity index (χ4n) is 2.63. The first-order valence-corrected chi connectivity index (χ1v) is 7.15. The molecule has 1 aromatic carbocycles. The van der Waals surface area contributed by atoms with Gasteiger partial charge in [0.15, 0.2) is 0 Å². The molecule has 0 spiro atoms.